The second kappa shape index (κ2) is 11.1. The number of halogens is 6. The van der Waals surface area contributed by atoms with Crippen LogP contribution in [0.3, 0.4) is 0 Å². The Bertz CT molecular complexity index is 815. The minimum Gasteiger partial charge on any atom is -0.357 e. The maximum atomic E-state index is 14.6. The van der Waals surface area contributed by atoms with Gasteiger partial charge >= 0.3 is 12.4 Å². The number of fused-ring (bicyclic) bond motifs is 5. The van der Waals surface area contributed by atoms with Gasteiger partial charge in [0, 0.05) is 6.04 Å². The lowest BCUT2D eigenvalue weighted by Crippen LogP contribution is -2.61. The molecule has 3 aliphatic rings. The van der Waals surface area contributed by atoms with E-state index in [0.29, 0.717) is 30.6 Å². The molecule has 3 fully saturated rings. The first-order valence-electron chi connectivity index (χ1n) is 12.0. The maximum absolute atomic E-state index is 14.6. The summed E-state index contributed by atoms with van der Waals surface area (Å²) in [5, 5.41) is 2.14. The minimum absolute atomic E-state index is 0.111. The highest BCUT2D eigenvalue weighted by molar-refractivity contribution is 7.99. The molecule has 0 saturated carbocycles. The smallest absolute Gasteiger partial charge is 0.357 e. The molecule has 0 amide bonds. The second-order valence-electron chi connectivity index (χ2n) is 9.34. The van der Waals surface area contributed by atoms with Crippen LogP contribution in [-0.4, -0.2) is 47.6 Å². The Morgan fingerprint density at radius 2 is 1.71 bits per heavy atom. The SMILES string of the molecule is FC(F)(F)C1CCC2NC1SCCCCCC[C@](OCc1ccccc1)(C(F)(F)F)C1NNC2O1. The number of ether oxygens (including phenoxy) is 2. The molecule has 12 heteroatoms. The predicted molar refractivity (Wildman–Crippen MR) is 120 cm³/mol. The molecule has 5 nitrogen and oxygen atoms in total. The van der Waals surface area contributed by atoms with Crippen molar-refractivity contribution >= 4 is 11.8 Å². The fourth-order valence-corrected chi connectivity index (χ4v) is 6.36. The van der Waals surface area contributed by atoms with Gasteiger partial charge in [-0.25, -0.2) is 10.9 Å². The zero-order valence-electron chi connectivity index (χ0n) is 19.1. The molecule has 0 radical (unpaired) electrons. The molecular weight excluding hydrogens is 496 g/mol. The van der Waals surface area contributed by atoms with Crippen molar-refractivity contribution in [1.82, 2.24) is 16.2 Å². The van der Waals surface area contributed by atoms with Crippen LogP contribution in [-0.2, 0) is 16.1 Å². The summed E-state index contributed by atoms with van der Waals surface area (Å²) >= 11 is 1.23. The third-order valence-corrected chi connectivity index (χ3v) is 8.29. The van der Waals surface area contributed by atoms with E-state index in [2.05, 4.69) is 16.2 Å². The van der Waals surface area contributed by atoms with Crippen molar-refractivity contribution < 1.29 is 35.8 Å². The zero-order valence-corrected chi connectivity index (χ0v) is 19.9. The van der Waals surface area contributed by atoms with Crippen LogP contribution < -0.4 is 16.2 Å². The van der Waals surface area contributed by atoms with Gasteiger partial charge in [0.15, 0.2) is 6.23 Å². The molecular formula is C23H31F6N3O2S. The lowest BCUT2D eigenvalue weighted by Gasteiger charge is -2.41. The third kappa shape index (κ3) is 6.27. The van der Waals surface area contributed by atoms with E-state index >= 15 is 0 Å². The van der Waals surface area contributed by atoms with E-state index in [9.17, 15) is 26.3 Å². The van der Waals surface area contributed by atoms with Gasteiger partial charge in [0.1, 0.15) is 6.23 Å². The van der Waals surface area contributed by atoms with Crippen LogP contribution in [0, 0.1) is 5.92 Å². The molecule has 6 atom stereocenters. The molecule has 1 aromatic carbocycles. The molecule has 3 saturated heterocycles. The van der Waals surface area contributed by atoms with E-state index in [1.54, 1.807) is 30.3 Å². The summed E-state index contributed by atoms with van der Waals surface area (Å²) < 4.78 is 96.2. The van der Waals surface area contributed by atoms with E-state index < -0.39 is 47.7 Å². The first-order valence-corrected chi connectivity index (χ1v) is 13.0. The fraction of sp³-hybridized carbons (Fsp3) is 0.739. The van der Waals surface area contributed by atoms with Crippen molar-refractivity contribution in [3.05, 3.63) is 35.9 Å². The van der Waals surface area contributed by atoms with Crippen molar-refractivity contribution in [2.75, 3.05) is 5.75 Å². The Hall–Kier alpha value is -1.05. The number of hydrazine groups is 1. The summed E-state index contributed by atoms with van der Waals surface area (Å²) in [6.45, 7) is -0.250. The third-order valence-electron chi connectivity index (χ3n) is 6.94. The largest absolute Gasteiger partial charge is 0.421 e. The number of thioether (sulfide) groups is 1. The van der Waals surface area contributed by atoms with Crippen LogP contribution in [0.2, 0.25) is 0 Å². The van der Waals surface area contributed by atoms with E-state index in [1.807, 2.05) is 0 Å². The highest BCUT2D eigenvalue weighted by Gasteiger charge is 2.63. The van der Waals surface area contributed by atoms with Crippen molar-refractivity contribution in [2.45, 2.75) is 93.4 Å². The van der Waals surface area contributed by atoms with Gasteiger partial charge in [-0.15, -0.1) is 11.8 Å². The molecule has 0 aliphatic carbocycles. The van der Waals surface area contributed by atoms with Crippen LogP contribution in [0.25, 0.3) is 0 Å². The summed E-state index contributed by atoms with van der Waals surface area (Å²) in [7, 11) is 0. The first-order chi connectivity index (χ1) is 16.6. The van der Waals surface area contributed by atoms with Gasteiger partial charge in [-0.2, -0.15) is 26.3 Å². The highest BCUT2D eigenvalue weighted by atomic mass is 32.2. The lowest BCUT2D eigenvalue weighted by atomic mass is 9.92. The van der Waals surface area contributed by atoms with Crippen LogP contribution in [0.5, 0.6) is 0 Å². The highest BCUT2D eigenvalue weighted by Crippen LogP contribution is 2.45. The second-order valence-corrected chi connectivity index (χ2v) is 10.6. The predicted octanol–water partition coefficient (Wildman–Crippen LogP) is 5.23. The van der Waals surface area contributed by atoms with Gasteiger partial charge in [0.25, 0.3) is 0 Å². The molecule has 0 spiro atoms. The van der Waals surface area contributed by atoms with Crippen LogP contribution in [0.1, 0.15) is 50.5 Å². The molecule has 3 N–H and O–H groups in total. The summed E-state index contributed by atoms with van der Waals surface area (Å²) in [6, 6.07) is 8.03. The van der Waals surface area contributed by atoms with Crippen LogP contribution in [0.4, 0.5) is 26.3 Å². The van der Waals surface area contributed by atoms with Gasteiger partial charge in [-0.3, -0.25) is 5.32 Å². The Labute approximate surface area is 205 Å². The molecule has 4 rings (SSSR count). The van der Waals surface area contributed by atoms with E-state index in [4.69, 9.17) is 9.47 Å². The van der Waals surface area contributed by atoms with Crippen LogP contribution >= 0.6 is 11.8 Å². The topological polar surface area (TPSA) is 54.5 Å². The van der Waals surface area contributed by atoms with E-state index in [-0.39, 0.29) is 32.3 Å². The van der Waals surface area contributed by atoms with Gasteiger partial charge < -0.3 is 9.47 Å². The number of benzene rings is 1. The molecule has 3 aliphatic heterocycles. The zero-order chi connectivity index (χ0) is 25.1. The minimum atomic E-state index is -4.74. The van der Waals surface area contributed by atoms with Gasteiger partial charge in [-0.05, 0) is 37.0 Å². The number of hydrogen-bond acceptors (Lipinski definition) is 6. The number of rotatable bonds is 3. The number of nitrogens with one attached hydrogen (secondary N) is 3. The molecule has 198 valence electrons. The van der Waals surface area contributed by atoms with Gasteiger partial charge in [-0.1, -0.05) is 49.6 Å². The quantitative estimate of drug-likeness (QED) is 0.468. The Kier molecular flexibility index (Phi) is 8.59. The average molecular weight is 528 g/mol. The Morgan fingerprint density at radius 3 is 2.43 bits per heavy atom. The molecule has 0 aromatic heterocycles. The summed E-state index contributed by atoms with van der Waals surface area (Å²) in [6.07, 6.45) is -9.81. The average Bonchev–Trinajstić information content (AvgIpc) is 3.29. The number of piperidine rings is 1. The monoisotopic (exact) mass is 527 g/mol. The molecule has 3 heterocycles. The maximum Gasteiger partial charge on any atom is 0.421 e. The normalized spacial score (nSPS) is 35.4. The summed E-state index contributed by atoms with van der Waals surface area (Å²) in [5.74, 6) is -1.00. The van der Waals surface area contributed by atoms with Crippen molar-refractivity contribution in [1.29, 1.82) is 0 Å². The number of hydrogen-bond donors (Lipinski definition) is 3. The van der Waals surface area contributed by atoms with Gasteiger partial charge in [0.2, 0.25) is 5.60 Å². The molecule has 5 unspecified atom stereocenters. The summed E-state index contributed by atoms with van der Waals surface area (Å²) in [4.78, 5) is 0. The van der Waals surface area contributed by atoms with Crippen molar-refractivity contribution in [3.8, 4) is 0 Å². The van der Waals surface area contributed by atoms with Gasteiger partial charge in [0.05, 0.1) is 17.9 Å². The molecule has 35 heavy (non-hydrogen) atoms. The summed E-state index contributed by atoms with van der Waals surface area (Å²) in [5.41, 5.74) is 3.36. The molecule has 4 bridgehead atoms. The standard InChI is InChI=1S/C23H31F6N3O2S/c24-22(25,26)16-10-11-17-18-31-32-20(34-18)21(23(27,28)29,33-14-15-8-4-3-5-9-15)12-6-1-2-7-13-35-19(16)30-17/h3-5,8-9,16-20,30-32H,1-2,6-7,10-14H2/t16?,17?,18?,19?,20?,21-/m1/s1. The molecule has 1 aromatic rings. The Balaban J connectivity index is 1.57. The first kappa shape index (κ1) is 27.0. The Morgan fingerprint density at radius 1 is 0.971 bits per heavy atom. The number of alkyl halides is 6. The van der Waals surface area contributed by atoms with E-state index in [0.717, 1.165) is 0 Å². The van der Waals surface area contributed by atoms with Crippen molar-refractivity contribution in [2.24, 2.45) is 5.92 Å². The van der Waals surface area contributed by atoms with Crippen LogP contribution in [0.15, 0.2) is 30.3 Å². The fourth-order valence-electron chi connectivity index (χ4n) is 4.94. The van der Waals surface area contributed by atoms with E-state index in [1.165, 1.54) is 11.8 Å². The van der Waals surface area contributed by atoms with Crippen molar-refractivity contribution in [3.63, 3.8) is 0 Å². The lowest BCUT2D eigenvalue weighted by molar-refractivity contribution is -0.320.